The molecule has 0 spiro atoms. The Balaban J connectivity index is 1.75. The van der Waals surface area contributed by atoms with Crippen LogP contribution in [0.25, 0.3) is 0 Å². The van der Waals surface area contributed by atoms with Crippen molar-refractivity contribution < 1.29 is 0 Å². The van der Waals surface area contributed by atoms with E-state index >= 15 is 0 Å². The summed E-state index contributed by atoms with van der Waals surface area (Å²) in [5.74, 6) is 0. The molecule has 0 aliphatic carbocycles. The Kier molecular flexibility index (Phi) is 6.43. The van der Waals surface area contributed by atoms with Crippen LogP contribution >= 0.6 is 24.4 Å². The van der Waals surface area contributed by atoms with E-state index in [1.165, 1.54) is 0 Å². The fraction of sp³-hybridized carbons (Fsp3) is 0.571. The molecule has 9 heteroatoms. The van der Waals surface area contributed by atoms with Crippen molar-refractivity contribution in [1.29, 1.82) is 0 Å². The van der Waals surface area contributed by atoms with Crippen molar-refractivity contribution in [3.63, 3.8) is 0 Å². The Hall–Kier alpha value is -2.13. The number of nitrogens with zero attached hydrogens (tertiary/aromatic N) is 7. The zero-order valence-corrected chi connectivity index (χ0v) is 20.3. The largest absolute Gasteiger partial charge is 0.300 e. The summed E-state index contributed by atoms with van der Waals surface area (Å²) in [6.07, 6.45) is 3.57. The molecule has 0 unspecified atom stereocenters. The van der Waals surface area contributed by atoms with E-state index in [9.17, 15) is 0 Å². The number of hydrogen-bond donors (Lipinski definition) is 0. The van der Waals surface area contributed by atoms with Gasteiger partial charge in [-0.25, -0.2) is 9.36 Å². The molecule has 0 radical (unpaired) electrons. The fourth-order valence-electron chi connectivity index (χ4n) is 3.13. The molecule has 7 nitrogen and oxygen atoms in total. The Bertz CT molecular complexity index is 1030. The molecule has 3 heterocycles. The molecule has 0 saturated carbocycles. The van der Waals surface area contributed by atoms with E-state index in [0.29, 0.717) is 22.6 Å². The minimum atomic E-state index is 0.117. The van der Waals surface area contributed by atoms with E-state index in [-0.39, 0.29) is 10.8 Å². The lowest BCUT2D eigenvalue weighted by Gasteiger charge is -2.17. The first kappa shape index (κ1) is 22.6. The smallest absolute Gasteiger partial charge is 0.197 e. The third-order valence-electron chi connectivity index (χ3n) is 4.37. The Morgan fingerprint density at radius 2 is 1.13 bits per heavy atom. The van der Waals surface area contributed by atoms with Gasteiger partial charge in [-0.05, 0) is 47.4 Å². The van der Waals surface area contributed by atoms with Gasteiger partial charge in [-0.1, -0.05) is 47.6 Å². The molecule has 3 rings (SSSR count). The summed E-state index contributed by atoms with van der Waals surface area (Å²) >= 11 is 11.2. The Morgan fingerprint density at radius 1 is 0.733 bits per heavy atom. The van der Waals surface area contributed by atoms with Crippen molar-refractivity contribution in [2.45, 2.75) is 67.7 Å². The number of aromatic nitrogens is 7. The van der Waals surface area contributed by atoms with Crippen molar-refractivity contribution in [1.82, 2.24) is 33.7 Å². The normalized spacial score (nSPS) is 12.5. The van der Waals surface area contributed by atoms with Gasteiger partial charge in [0.05, 0.1) is 24.5 Å². The summed E-state index contributed by atoms with van der Waals surface area (Å²) in [6.45, 7) is 15.8. The molecule has 30 heavy (non-hydrogen) atoms. The van der Waals surface area contributed by atoms with E-state index in [1.54, 1.807) is 12.7 Å². The van der Waals surface area contributed by atoms with Gasteiger partial charge in [0.1, 0.15) is 12.7 Å². The summed E-state index contributed by atoms with van der Waals surface area (Å²) in [5.41, 5.74) is 2.11. The summed E-state index contributed by atoms with van der Waals surface area (Å²) < 4.78 is 9.09. The predicted octanol–water partition coefficient (Wildman–Crippen LogP) is 4.73. The predicted molar refractivity (Wildman–Crippen MR) is 123 cm³/mol. The topological polar surface area (TPSA) is 58.4 Å². The zero-order chi connectivity index (χ0) is 22.1. The standard InChI is InChI=1S/C21H31N7S2/c1-20(2,3)12-27-18(29)25(14-22-27)10-16-8-7-9-17(24-16)11-26-15-23-28(19(26)30)13-21(4,5)6/h7-9,14-15H,10-13H2,1-6H3. The first-order valence-corrected chi connectivity index (χ1v) is 10.9. The molecule has 3 aromatic heterocycles. The minimum Gasteiger partial charge on any atom is -0.300 e. The molecule has 0 amide bonds. The van der Waals surface area contributed by atoms with Crippen molar-refractivity contribution in [3.05, 3.63) is 51.8 Å². The van der Waals surface area contributed by atoms with Gasteiger partial charge in [-0.15, -0.1) is 0 Å². The first-order valence-electron chi connectivity index (χ1n) is 10.1. The second kappa shape index (κ2) is 8.55. The summed E-state index contributed by atoms with van der Waals surface area (Å²) in [4.78, 5) is 4.80. The van der Waals surface area contributed by atoms with Gasteiger partial charge in [0.2, 0.25) is 0 Å². The highest BCUT2D eigenvalue weighted by atomic mass is 32.1. The molecule has 3 aromatic rings. The van der Waals surface area contributed by atoms with E-state index in [2.05, 4.69) is 51.7 Å². The van der Waals surface area contributed by atoms with E-state index in [1.807, 2.05) is 36.7 Å². The molecular formula is C21H31N7S2. The molecule has 0 saturated heterocycles. The van der Waals surface area contributed by atoms with Crippen molar-refractivity contribution >= 4 is 24.4 Å². The second-order valence-corrected chi connectivity index (χ2v) is 10.9. The van der Waals surface area contributed by atoms with E-state index < -0.39 is 0 Å². The van der Waals surface area contributed by atoms with Gasteiger partial charge in [0, 0.05) is 13.1 Å². The second-order valence-electron chi connectivity index (χ2n) is 10.1. The molecule has 0 fully saturated rings. The van der Waals surface area contributed by atoms with Gasteiger partial charge in [0.15, 0.2) is 9.54 Å². The highest BCUT2D eigenvalue weighted by molar-refractivity contribution is 7.71. The van der Waals surface area contributed by atoms with Crippen LogP contribution in [0.5, 0.6) is 0 Å². The van der Waals surface area contributed by atoms with Crippen LogP contribution in [0.2, 0.25) is 0 Å². The lowest BCUT2D eigenvalue weighted by atomic mass is 9.97. The van der Waals surface area contributed by atoms with Crippen LogP contribution in [0.1, 0.15) is 52.9 Å². The summed E-state index contributed by atoms with van der Waals surface area (Å²) in [6, 6.07) is 6.04. The van der Waals surface area contributed by atoms with E-state index in [4.69, 9.17) is 29.4 Å². The molecule has 0 bridgehead atoms. The van der Waals surface area contributed by atoms with Crippen molar-refractivity contribution in [2.24, 2.45) is 10.8 Å². The average Bonchev–Trinajstić information content (AvgIpc) is 3.11. The van der Waals surface area contributed by atoms with Gasteiger partial charge in [-0.2, -0.15) is 10.2 Å². The van der Waals surface area contributed by atoms with Crippen LogP contribution in [-0.4, -0.2) is 33.7 Å². The third kappa shape index (κ3) is 5.95. The zero-order valence-electron chi connectivity index (χ0n) is 18.7. The summed E-state index contributed by atoms with van der Waals surface area (Å²) in [5, 5.41) is 8.90. The molecule has 0 aromatic carbocycles. The lowest BCUT2D eigenvalue weighted by Crippen LogP contribution is -2.17. The monoisotopic (exact) mass is 445 g/mol. The molecule has 0 aliphatic rings. The van der Waals surface area contributed by atoms with Crippen LogP contribution in [0.15, 0.2) is 30.9 Å². The van der Waals surface area contributed by atoms with Crippen LogP contribution in [0.4, 0.5) is 0 Å². The number of hydrogen-bond acceptors (Lipinski definition) is 5. The van der Waals surface area contributed by atoms with Gasteiger partial charge >= 0.3 is 0 Å². The van der Waals surface area contributed by atoms with E-state index in [0.717, 1.165) is 24.5 Å². The first-order chi connectivity index (χ1) is 13.9. The highest BCUT2D eigenvalue weighted by Gasteiger charge is 2.15. The minimum absolute atomic E-state index is 0.117. The van der Waals surface area contributed by atoms with Crippen molar-refractivity contribution in [3.8, 4) is 0 Å². The molecule has 0 aliphatic heterocycles. The third-order valence-corrected chi connectivity index (χ3v) is 5.26. The molecule has 0 N–H and O–H groups in total. The van der Waals surface area contributed by atoms with Crippen LogP contribution in [0.3, 0.4) is 0 Å². The Labute approximate surface area is 188 Å². The van der Waals surface area contributed by atoms with Crippen molar-refractivity contribution in [2.75, 3.05) is 0 Å². The molecular weight excluding hydrogens is 414 g/mol. The van der Waals surface area contributed by atoms with Crippen LogP contribution in [0, 0.1) is 20.4 Å². The quantitative estimate of drug-likeness (QED) is 0.514. The maximum atomic E-state index is 5.60. The fourth-order valence-corrected chi connectivity index (χ4v) is 3.58. The van der Waals surface area contributed by atoms with Gasteiger partial charge < -0.3 is 9.13 Å². The SMILES string of the molecule is CC(C)(C)Cn1ncn(Cc2cccc(Cn3cnn(CC(C)(C)C)c3=S)n2)c1=S. The van der Waals surface area contributed by atoms with Gasteiger partial charge in [0.25, 0.3) is 0 Å². The molecule has 162 valence electrons. The maximum Gasteiger partial charge on any atom is 0.197 e. The van der Waals surface area contributed by atoms with Gasteiger partial charge in [-0.3, -0.25) is 4.98 Å². The maximum absolute atomic E-state index is 5.60. The Morgan fingerprint density at radius 3 is 1.50 bits per heavy atom. The average molecular weight is 446 g/mol. The highest BCUT2D eigenvalue weighted by Crippen LogP contribution is 2.17. The van der Waals surface area contributed by atoms with Crippen LogP contribution < -0.4 is 0 Å². The van der Waals surface area contributed by atoms with Crippen LogP contribution in [-0.2, 0) is 26.2 Å². The number of rotatable bonds is 6. The number of pyridine rings is 1. The summed E-state index contributed by atoms with van der Waals surface area (Å²) in [7, 11) is 0. The molecule has 0 atom stereocenters. The lowest BCUT2D eigenvalue weighted by molar-refractivity contribution is 0.321.